The van der Waals surface area contributed by atoms with Crippen molar-refractivity contribution in [1.82, 2.24) is 9.55 Å². The quantitative estimate of drug-likeness (QED) is 0.864. The van der Waals surface area contributed by atoms with Crippen molar-refractivity contribution < 1.29 is 9.90 Å². The number of halogens is 1. The van der Waals surface area contributed by atoms with Gasteiger partial charge in [-0.05, 0) is 30.7 Å². The number of carboxylic acids is 1. The van der Waals surface area contributed by atoms with E-state index in [1.165, 1.54) is 6.07 Å². The molecule has 7 heteroatoms. The molecule has 2 N–H and O–H groups in total. The largest absolute Gasteiger partial charge is 0.477 e. The van der Waals surface area contributed by atoms with Gasteiger partial charge in [0.15, 0.2) is 0 Å². The molecule has 1 aromatic heterocycles. The number of nitrogens with zero attached hydrogens (tertiary/aromatic N) is 1. The Morgan fingerprint density at radius 2 is 2.00 bits per heavy atom. The van der Waals surface area contributed by atoms with Crippen LogP contribution in [0, 0.1) is 6.92 Å². The Labute approximate surface area is 111 Å². The van der Waals surface area contributed by atoms with Gasteiger partial charge in [0, 0.05) is 11.1 Å². The Balaban J connectivity index is 2.74. The van der Waals surface area contributed by atoms with Gasteiger partial charge in [-0.3, -0.25) is 4.79 Å². The van der Waals surface area contributed by atoms with Crippen LogP contribution < -0.4 is 11.2 Å². The van der Waals surface area contributed by atoms with Crippen molar-refractivity contribution in [1.29, 1.82) is 0 Å². The number of hydrogen-bond acceptors (Lipinski definition) is 3. The molecule has 6 nitrogen and oxygen atoms in total. The molecule has 19 heavy (non-hydrogen) atoms. The predicted molar refractivity (Wildman–Crippen MR) is 69.4 cm³/mol. The number of hydrogen-bond donors (Lipinski definition) is 2. The zero-order valence-electron chi connectivity index (χ0n) is 9.81. The molecule has 1 heterocycles. The van der Waals surface area contributed by atoms with Crippen molar-refractivity contribution >= 4 is 17.6 Å². The molecule has 0 aliphatic heterocycles. The van der Waals surface area contributed by atoms with Crippen LogP contribution in [0.25, 0.3) is 5.69 Å². The van der Waals surface area contributed by atoms with Crippen molar-refractivity contribution in [2.45, 2.75) is 6.92 Å². The molecule has 0 bridgehead atoms. The third-order valence-corrected chi connectivity index (χ3v) is 2.80. The van der Waals surface area contributed by atoms with Crippen LogP contribution in [0.5, 0.6) is 0 Å². The van der Waals surface area contributed by atoms with Gasteiger partial charge in [-0.25, -0.2) is 14.2 Å². The van der Waals surface area contributed by atoms with Crippen molar-refractivity contribution in [3.63, 3.8) is 0 Å². The summed E-state index contributed by atoms with van der Waals surface area (Å²) >= 11 is 5.80. The topological polar surface area (TPSA) is 92.2 Å². The molecular formula is C12H9ClN2O4. The summed E-state index contributed by atoms with van der Waals surface area (Å²) in [5.41, 5.74) is -0.990. The summed E-state index contributed by atoms with van der Waals surface area (Å²) < 4.78 is 0.859. The van der Waals surface area contributed by atoms with Crippen LogP contribution in [0.1, 0.15) is 16.1 Å². The van der Waals surface area contributed by atoms with Gasteiger partial charge in [0.25, 0.3) is 5.56 Å². The zero-order chi connectivity index (χ0) is 14.2. The number of H-pyrrole nitrogens is 1. The second-order valence-electron chi connectivity index (χ2n) is 3.90. The number of benzene rings is 1. The van der Waals surface area contributed by atoms with E-state index in [9.17, 15) is 14.4 Å². The fraction of sp³-hybridized carbons (Fsp3) is 0.0833. The Morgan fingerprint density at radius 1 is 1.32 bits per heavy atom. The van der Waals surface area contributed by atoms with E-state index in [1.807, 2.05) is 0 Å². The van der Waals surface area contributed by atoms with E-state index >= 15 is 0 Å². The lowest BCUT2D eigenvalue weighted by Gasteiger charge is -2.08. The molecule has 0 aliphatic rings. The maximum atomic E-state index is 11.8. The summed E-state index contributed by atoms with van der Waals surface area (Å²) in [4.78, 5) is 36.5. The molecule has 1 aromatic carbocycles. The van der Waals surface area contributed by atoms with Crippen molar-refractivity contribution in [3.05, 3.63) is 61.4 Å². The molecule has 0 radical (unpaired) electrons. The first kappa shape index (κ1) is 13.1. The molecular weight excluding hydrogens is 272 g/mol. The Morgan fingerprint density at radius 3 is 2.53 bits per heavy atom. The van der Waals surface area contributed by atoms with E-state index in [2.05, 4.69) is 4.98 Å². The highest BCUT2D eigenvalue weighted by atomic mass is 35.5. The third-order valence-electron chi connectivity index (χ3n) is 2.56. The molecule has 0 saturated carbocycles. The van der Waals surface area contributed by atoms with Gasteiger partial charge in [0.1, 0.15) is 5.69 Å². The van der Waals surface area contributed by atoms with Gasteiger partial charge in [0.2, 0.25) is 0 Å². The second kappa shape index (κ2) is 4.74. The van der Waals surface area contributed by atoms with Gasteiger partial charge in [-0.2, -0.15) is 0 Å². The van der Waals surface area contributed by atoms with Gasteiger partial charge in [-0.1, -0.05) is 11.6 Å². The Kier molecular flexibility index (Phi) is 3.26. The first-order chi connectivity index (χ1) is 8.90. The number of carboxylic acid groups (broad SMARTS) is 1. The minimum atomic E-state index is -1.37. The number of rotatable bonds is 2. The molecule has 0 amide bonds. The summed E-state index contributed by atoms with van der Waals surface area (Å²) in [7, 11) is 0. The lowest BCUT2D eigenvalue weighted by Crippen LogP contribution is -2.35. The van der Waals surface area contributed by atoms with Gasteiger partial charge in [-0.15, -0.1) is 0 Å². The zero-order valence-corrected chi connectivity index (χ0v) is 10.6. The van der Waals surface area contributed by atoms with E-state index in [-0.39, 0.29) is 0 Å². The molecule has 0 unspecified atom stereocenters. The van der Waals surface area contributed by atoms with Gasteiger partial charge in [0.05, 0.1) is 5.69 Å². The molecule has 0 spiro atoms. The maximum absolute atomic E-state index is 11.8. The van der Waals surface area contributed by atoms with Crippen LogP contribution in [-0.4, -0.2) is 20.6 Å². The fourth-order valence-corrected chi connectivity index (χ4v) is 1.94. The van der Waals surface area contributed by atoms with Crippen molar-refractivity contribution in [2.75, 3.05) is 0 Å². The standard InChI is InChI=1S/C12H9ClN2O4/c1-6-4-7(13)2-3-9(6)15-10(16)5-8(11(17)18)14-12(15)19/h2-5H,1H3,(H,14,19)(H,17,18). The van der Waals surface area contributed by atoms with Crippen molar-refractivity contribution in [3.8, 4) is 5.69 Å². The average Bonchev–Trinajstić information content (AvgIpc) is 2.30. The smallest absolute Gasteiger partial charge is 0.352 e. The molecule has 0 saturated heterocycles. The summed E-state index contributed by atoms with van der Waals surface area (Å²) in [6, 6.07) is 5.53. The lowest BCUT2D eigenvalue weighted by molar-refractivity contribution is 0.0689. The summed E-state index contributed by atoms with van der Waals surface area (Å²) in [5.74, 6) is -1.37. The average molecular weight is 281 g/mol. The number of aromatic amines is 1. The second-order valence-corrected chi connectivity index (χ2v) is 4.33. The minimum absolute atomic E-state index is 0.354. The van der Waals surface area contributed by atoms with Crippen LogP contribution in [0.4, 0.5) is 0 Å². The van der Waals surface area contributed by atoms with E-state index in [0.29, 0.717) is 16.3 Å². The number of aromatic carboxylic acids is 1. The van der Waals surface area contributed by atoms with Crippen LogP contribution in [0.3, 0.4) is 0 Å². The third kappa shape index (κ3) is 2.43. The highest BCUT2D eigenvalue weighted by Gasteiger charge is 2.12. The van der Waals surface area contributed by atoms with E-state index < -0.39 is 22.9 Å². The van der Waals surface area contributed by atoms with Crippen molar-refractivity contribution in [2.24, 2.45) is 0 Å². The predicted octanol–water partition coefficient (Wildman–Crippen LogP) is 1.19. The Bertz CT molecular complexity index is 745. The maximum Gasteiger partial charge on any atom is 0.352 e. The van der Waals surface area contributed by atoms with E-state index in [0.717, 1.165) is 10.6 Å². The molecule has 0 aliphatic carbocycles. The normalized spacial score (nSPS) is 10.4. The van der Waals surface area contributed by atoms with Gasteiger partial charge >= 0.3 is 11.7 Å². The Hall–Kier alpha value is -2.34. The highest BCUT2D eigenvalue weighted by Crippen LogP contribution is 2.16. The van der Waals surface area contributed by atoms with E-state index in [1.54, 1.807) is 19.1 Å². The number of aryl methyl sites for hydroxylation is 1. The highest BCUT2D eigenvalue weighted by molar-refractivity contribution is 6.30. The first-order valence-electron chi connectivity index (χ1n) is 5.26. The monoisotopic (exact) mass is 280 g/mol. The van der Waals surface area contributed by atoms with Crippen LogP contribution in [0.2, 0.25) is 5.02 Å². The number of carbonyl (C=O) groups is 1. The molecule has 2 rings (SSSR count). The molecule has 98 valence electrons. The van der Waals surface area contributed by atoms with Gasteiger partial charge < -0.3 is 10.1 Å². The lowest BCUT2D eigenvalue weighted by atomic mass is 10.2. The van der Waals surface area contributed by atoms with Crippen LogP contribution >= 0.6 is 11.6 Å². The minimum Gasteiger partial charge on any atom is -0.477 e. The molecule has 0 atom stereocenters. The SMILES string of the molecule is Cc1cc(Cl)ccc1-n1c(=O)cc(C(=O)O)[nH]c1=O. The fourth-order valence-electron chi connectivity index (χ4n) is 1.71. The number of nitrogens with one attached hydrogen (secondary N) is 1. The first-order valence-corrected chi connectivity index (χ1v) is 5.64. The summed E-state index contributed by atoms with van der Waals surface area (Å²) in [6.07, 6.45) is 0. The molecule has 2 aromatic rings. The molecule has 0 fully saturated rings. The summed E-state index contributed by atoms with van der Waals surface area (Å²) in [5, 5.41) is 9.23. The van der Waals surface area contributed by atoms with E-state index in [4.69, 9.17) is 16.7 Å². The van der Waals surface area contributed by atoms with Crippen LogP contribution in [-0.2, 0) is 0 Å². The number of aromatic nitrogens is 2. The van der Waals surface area contributed by atoms with Crippen LogP contribution in [0.15, 0.2) is 33.9 Å². The summed E-state index contributed by atoms with van der Waals surface area (Å²) in [6.45, 7) is 1.69.